The molecule has 0 heterocycles. The number of rotatable bonds is 12. The van der Waals surface area contributed by atoms with Crippen molar-refractivity contribution >= 4 is 0 Å². The predicted octanol–water partition coefficient (Wildman–Crippen LogP) is 8.54. The van der Waals surface area contributed by atoms with E-state index < -0.39 is 0 Å². The van der Waals surface area contributed by atoms with Gasteiger partial charge in [-0.05, 0) is 17.5 Å². The van der Waals surface area contributed by atoms with Crippen LogP contribution >= 0.6 is 0 Å². The molecule has 0 aliphatic heterocycles. The fourth-order valence-electron chi connectivity index (χ4n) is 3.79. The van der Waals surface area contributed by atoms with Gasteiger partial charge in [0.05, 0.1) is 6.61 Å². The minimum atomic E-state index is 0.776. The molecule has 0 aromatic heterocycles. The molecule has 0 radical (unpaired) electrons. The summed E-state index contributed by atoms with van der Waals surface area (Å²) in [6.07, 6.45) is 10.5. The number of para-hydroxylation sites is 1. The summed E-state index contributed by atoms with van der Waals surface area (Å²) in [6.45, 7) is 3.05. The van der Waals surface area contributed by atoms with Crippen molar-refractivity contribution in [3.63, 3.8) is 0 Å². The van der Waals surface area contributed by atoms with Gasteiger partial charge in [-0.3, -0.25) is 0 Å². The molecule has 0 aliphatic carbocycles. The molecule has 0 saturated carbocycles. The Kier molecular flexibility index (Phi) is 8.85. The Morgan fingerprint density at radius 1 is 0.517 bits per heavy atom. The van der Waals surface area contributed by atoms with Crippen LogP contribution in [0.25, 0.3) is 22.3 Å². The monoisotopic (exact) mass is 386 g/mol. The van der Waals surface area contributed by atoms with Crippen LogP contribution in [-0.2, 0) is 0 Å². The Bertz CT molecular complexity index is 766. The fourth-order valence-corrected chi connectivity index (χ4v) is 3.79. The first kappa shape index (κ1) is 21.2. The summed E-state index contributed by atoms with van der Waals surface area (Å²) in [6, 6.07) is 27.6. The van der Waals surface area contributed by atoms with Crippen molar-refractivity contribution < 1.29 is 4.74 Å². The van der Waals surface area contributed by atoms with Crippen LogP contribution in [-0.4, -0.2) is 6.61 Å². The van der Waals surface area contributed by atoms with Gasteiger partial charge in [0.15, 0.2) is 0 Å². The molecule has 0 unspecified atom stereocenters. The van der Waals surface area contributed by atoms with E-state index in [0.717, 1.165) is 18.8 Å². The molecule has 29 heavy (non-hydrogen) atoms. The molecule has 0 fully saturated rings. The minimum absolute atomic E-state index is 0.776. The summed E-state index contributed by atoms with van der Waals surface area (Å²) in [5.74, 6) is 1.01. The van der Waals surface area contributed by atoms with E-state index in [0.29, 0.717) is 0 Å². The standard InChI is InChI=1S/C28H34O/c1-2-3-4-5-6-7-8-15-23-29-28-26(24-17-11-9-12-18-24)21-16-22-27(28)25-19-13-10-14-20-25/h9-14,16-22H,2-8,15,23H2,1H3. The van der Waals surface area contributed by atoms with Gasteiger partial charge in [0, 0.05) is 11.1 Å². The molecule has 3 aromatic rings. The second-order valence-corrected chi connectivity index (χ2v) is 7.74. The lowest BCUT2D eigenvalue weighted by Crippen LogP contribution is -2.01. The third-order valence-electron chi connectivity index (χ3n) is 5.43. The third-order valence-corrected chi connectivity index (χ3v) is 5.43. The predicted molar refractivity (Wildman–Crippen MR) is 125 cm³/mol. The zero-order valence-corrected chi connectivity index (χ0v) is 17.8. The van der Waals surface area contributed by atoms with Crippen LogP contribution in [0.1, 0.15) is 58.3 Å². The molecule has 1 heteroatoms. The van der Waals surface area contributed by atoms with E-state index >= 15 is 0 Å². The maximum atomic E-state index is 6.42. The van der Waals surface area contributed by atoms with Crippen molar-refractivity contribution in [3.05, 3.63) is 78.9 Å². The summed E-state index contributed by atoms with van der Waals surface area (Å²) in [5.41, 5.74) is 4.76. The van der Waals surface area contributed by atoms with Crippen molar-refractivity contribution in [1.82, 2.24) is 0 Å². The highest BCUT2D eigenvalue weighted by Crippen LogP contribution is 2.39. The van der Waals surface area contributed by atoms with Crippen molar-refractivity contribution in [2.45, 2.75) is 58.3 Å². The largest absolute Gasteiger partial charge is 0.492 e. The maximum Gasteiger partial charge on any atom is 0.134 e. The topological polar surface area (TPSA) is 9.23 Å². The Labute approximate surface area is 176 Å². The molecule has 3 rings (SSSR count). The lowest BCUT2D eigenvalue weighted by atomic mass is 9.97. The summed E-state index contributed by atoms with van der Waals surface area (Å²) in [7, 11) is 0. The molecule has 152 valence electrons. The molecule has 0 saturated heterocycles. The van der Waals surface area contributed by atoms with E-state index in [2.05, 4.69) is 85.8 Å². The molecule has 0 aliphatic rings. The summed E-state index contributed by atoms with van der Waals surface area (Å²) in [5, 5.41) is 0. The summed E-state index contributed by atoms with van der Waals surface area (Å²) >= 11 is 0. The number of hydrogen-bond acceptors (Lipinski definition) is 1. The SMILES string of the molecule is CCCCCCCCCCOc1c(-c2ccccc2)cccc1-c1ccccc1. The van der Waals surface area contributed by atoms with E-state index in [4.69, 9.17) is 4.74 Å². The maximum absolute atomic E-state index is 6.42. The average Bonchev–Trinajstić information content (AvgIpc) is 2.79. The lowest BCUT2D eigenvalue weighted by molar-refractivity contribution is 0.306. The second-order valence-electron chi connectivity index (χ2n) is 7.74. The highest BCUT2D eigenvalue weighted by molar-refractivity contribution is 5.82. The van der Waals surface area contributed by atoms with Gasteiger partial charge in [0.2, 0.25) is 0 Å². The minimum Gasteiger partial charge on any atom is -0.492 e. The van der Waals surface area contributed by atoms with E-state index in [9.17, 15) is 0 Å². The van der Waals surface area contributed by atoms with Crippen LogP contribution in [0.3, 0.4) is 0 Å². The van der Waals surface area contributed by atoms with Crippen molar-refractivity contribution in [2.24, 2.45) is 0 Å². The molecule has 0 N–H and O–H groups in total. The van der Waals surface area contributed by atoms with Crippen LogP contribution in [0.2, 0.25) is 0 Å². The third kappa shape index (κ3) is 6.49. The van der Waals surface area contributed by atoms with Gasteiger partial charge in [-0.25, -0.2) is 0 Å². The van der Waals surface area contributed by atoms with Gasteiger partial charge in [0.25, 0.3) is 0 Å². The molecule has 3 aromatic carbocycles. The number of ether oxygens (including phenoxy) is 1. The van der Waals surface area contributed by atoms with Crippen LogP contribution in [0, 0.1) is 0 Å². The zero-order chi connectivity index (χ0) is 20.2. The Morgan fingerprint density at radius 3 is 1.52 bits per heavy atom. The quantitative estimate of drug-likeness (QED) is 0.283. The molecule has 0 atom stereocenters. The highest BCUT2D eigenvalue weighted by atomic mass is 16.5. The normalized spacial score (nSPS) is 10.8. The Balaban J connectivity index is 1.67. The molecule has 0 spiro atoms. The van der Waals surface area contributed by atoms with Gasteiger partial charge in [-0.1, -0.05) is 131 Å². The van der Waals surface area contributed by atoms with Gasteiger partial charge in [-0.15, -0.1) is 0 Å². The van der Waals surface area contributed by atoms with Gasteiger partial charge >= 0.3 is 0 Å². The van der Waals surface area contributed by atoms with E-state index in [1.807, 2.05) is 0 Å². The lowest BCUT2D eigenvalue weighted by Gasteiger charge is -2.17. The summed E-state index contributed by atoms with van der Waals surface area (Å²) in [4.78, 5) is 0. The average molecular weight is 387 g/mol. The van der Waals surface area contributed by atoms with Crippen LogP contribution in [0.15, 0.2) is 78.9 Å². The first-order valence-corrected chi connectivity index (χ1v) is 11.3. The molecule has 0 bridgehead atoms. The van der Waals surface area contributed by atoms with Crippen molar-refractivity contribution in [3.8, 4) is 28.0 Å². The smallest absolute Gasteiger partial charge is 0.134 e. The van der Waals surface area contributed by atoms with E-state index in [-0.39, 0.29) is 0 Å². The number of unbranched alkanes of at least 4 members (excludes halogenated alkanes) is 7. The Hall–Kier alpha value is -2.54. The zero-order valence-electron chi connectivity index (χ0n) is 17.8. The van der Waals surface area contributed by atoms with Gasteiger partial charge < -0.3 is 4.74 Å². The van der Waals surface area contributed by atoms with Crippen LogP contribution in [0.5, 0.6) is 5.75 Å². The molecular formula is C28H34O. The van der Waals surface area contributed by atoms with Gasteiger partial charge in [0.1, 0.15) is 5.75 Å². The first-order valence-electron chi connectivity index (χ1n) is 11.3. The Morgan fingerprint density at radius 2 is 1.00 bits per heavy atom. The summed E-state index contributed by atoms with van der Waals surface area (Å²) < 4.78 is 6.42. The molecule has 1 nitrogen and oxygen atoms in total. The van der Waals surface area contributed by atoms with Crippen molar-refractivity contribution in [2.75, 3.05) is 6.61 Å². The van der Waals surface area contributed by atoms with Crippen LogP contribution in [0.4, 0.5) is 0 Å². The second kappa shape index (κ2) is 12.1. The molecule has 0 amide bonds. The van der Waals surface area contributed by atoms with E-state index in [1.165, 1.54) is 67.2 Å². The van der Waals surface area contributed by atoms with Gasteiger partial charge in [-0.2, -0.15) is 0 Å². The van der Waals surface area contributed by atoms with Crippen molar-refractivity contribution in [1.29, 1.82) is 0 Å². The highest BCUT2D eigenvalue weighted by Gasteiger charge is 2.13. The van der Waals surface area contributed by atoms with Crippen LogP contribution < -0.4 is 4.74 Å². The number of benzene rings is 3. The fraction of sp³-hybridized carbons (Fsp3) is 0.357. The number of hydrogen-bond donors (Lipinski definition) is 0. The first-order chi connectivity index (χ1) is 14.4. The van der Waals surface area contributed by atoms with E-state index in [1.54, 1.807) is 0 Å². The molecular weight excluding hydrogens is 352 g/mol.